The van der Waals surface area contributed by atoms with Crippen LogP contribution in [0.4, 0.5) is 0 Å². The van der Waals surface area contributed by atoms with E-state index in [2.05, 4.69) is 44.6 Å². The molecule has 0 aromatic carbocycles. The maximum absolute atomic E-state index is 2.45. The van der Waals surface area contributed by atoms with E-state index in [4.69, 9.17) is 0 Å². The van der Waals surface area contributed by atoms with E-state index in [0.29, 0.717) is 12.0 Å². The fourth-order valence-corrected chi connectivity index (χ4v) is 2.42. The van der Waals surface area contributed by atoms with Crippen LogP contribution in [0.15, 0.2) is 22.9 Å². The highest BCUT2D eigenvalue weighted by molar-refractivity contribution is 5.64. The molecule has 0 amide bonds. The summed E-state index contributed by atoms with van der Waals surface area (Å²) in [5.74, 6) is 0.662. The van der Waals surface area contributed by atoms with Crippen molar-refractivity contribution in [2.75, 3.05) is 0 Å². The molecule has 0 unspecified atom stereocenters. The van der Waals surface area contributed by atoms with Gasteiger partial charge in [0.2, 0.25) is 5.70 Å². The summed E-state index contributed by atoms with van der Waals surface area (Å²) < 4.78 is 2.45. The quantitative estimate of drug-likeness (QED) is 0.589. The molecule has 0 radical (unpaired) electrons. The highest BCUT2D eigenvalue weighted by Crippen LogP contribution is 2.36. The maximum atomic E-state index is 2.45. The molecule has 0 saturated heterocycles. The summed E-state index contributed by atoms with van der Waals surface area (Å²) in [7, 11) is 0. The summed E-state index contributed by atoms with van der Waals surface area (Å²) in [6.07, 6.45) is 7.12. The van der Waals surface area contributed by atoms with Crippen molar-refractivity contribution in [2.45, 2.75) is 46.6 Å². The van der Waals surface area contributed by atoms with Crippen molar-refractivity contribution in [2.24, 2.45) is 5.92 Å². The minimum Gasteiger partial charge on any atom is -0.200 e. The number of hydrogen-bond donors (Lipinski definition) is 0. The fraction of sp³-hybridized carbons (Fsp3) is 0.615. The summed E-state index contributed by atoms with van der Waals surface area (Å²) in [4.78, 5) is 0. The van der Waals surface area contributed by atoms with Crippen molar-refractivity contribution in [1.29, 1.82) is 0 Å². The van der Waals surface area contributed by atoms with Gasteiger partial charge >= 0.3 is 0 Å². The third kappa shape index (κ3) is 1.35. The Balaban J connectivity index is 2.33. The van der Waals surface area contributed by atoms with Crippen LogP contribution in [0.2, 0.25) is 0 Å². The predicted molar refractivity (Wildman–Crippen MR) is 60.6 cm³/mol. The second kappa shape index (κ2) is 3.38. The van der Waals surface area contributed by atoms with E-state index < -0.39 is 0 Å². The first kappa shape index (κ1) is 9.70. The number of allylic oxidation sites excluding steroid dienone is 3. The summed E-state index contributed by atoms with van der Waals surface area (Å²) in [6.45, 7) is 9.11. The minimum atomic E-state index is 0.600. The highest BCUT2D eigenvalue weighted by Gasteiger charge is 2.34. The van der Waals surface area contributed by atoms with E-state index >= 15 is 0 Å². The van der Waals surface area contributed by atoms with E-state index in [0.717, 1.165) is 0 Å². The van der Waals surface area contributed by atoms with Gasteiger partial charge in [-0.2, -0.15) is 0 Å². The van der Waals surface area contributed by atoms with E-state index in [1.54, 1.807) is 11.1 Å². The Labute approximate surface area is 86.8 Å². The highest BCUT2D eigenvalue weighted by atomic mass is 15.1. The molecule has 2 aliphatic rings. The Hall–Kier alpha value is -0.850. The zero-order chi connectivity index (χ0) is 10.3. The standard InChI is InChI=1S/C13H20N/c1-9(2)12-6-5-11-7-8-14(10(3)4)13(11)12/h6,8-10H,5,7H2,1-4H3/q+1. The lowest BCUT2D eigenvalue weighted by atomic mass is 10.0. The third-order valence-electron chi connectivity index (χ3n) is 3.15. The van der Waals surface area contributed by atoms with Crippen LogP contribution in [0.5, 0.6) is 0 Å². The van der Waals surface area contributed by atoms with Crippen LogP contribution in [-0.2, 0) is 0 Å². The molecule has 0 spiro atoms. The van der Waals surface area contributed by atoms with Gasteiger partial charge in [0.15, 0.2) is 6.04 Å². The topological polar surface area (TPSA) is 3.01 Å². The Bertz CT molecular complexity index is 308. The lowest BCUT2D eigenvalue weighted by Crippen LogP contribution is -2.20. The molecule has 1 heteroatoms. The number of nitrogens with zero attached hydrogens (tertiary/aromatic N) is 1. The Morgan fingerprint density at radius 1 is 1.14 bits per heavy atom. The van der Waals surface area contributed by atoms with Crippen LogP contribution in [0, 0.1) is 5.92 Å². The fourth-order valence-electron chi connectivity index (χ4n) is 2.42. The molecule has 0 fully saturated rings. The lowest BCUT2D eigenvalue weighted by Gasteiger charge is -2.11. The molecule has 0 N–H and O–H groups in total. The smallest absolute Gasteiger partial charge is 0.200 e. The molecule has 1 aliphatic heterocycles. The summed E-state index contributed by atoms with van der Waals surface area (Å²) in [5.41, 5.74) is 4.72. The lowest BCUT2D eigenvalue weighted by molar-refractivity contribution is -0.500. The third-order valence-corrected chi connectivity index (χ3v) is 3.15. The van der Waals surface area contributed by atoms with Gasteiger partial charge in [0.25, 0.3) is 0 Å². The van der Waals surface area contributed by atoms with Crippen LogP contribution in [-0.4, -0.2) is 16.8 Å². The van der Waals surface area contributed by atoms with Gasteiger partial charge < -0.3 is 0 Å². The van der Waals surface area contributed by atoms with Gasteiger partial charge in [0.1, 0.15) is 6.21 Å². The molecule has 76 valence electrons. The second-order valence-corrected chi connectivity index (χ2v) is 4.86. The summed E-state index contributed by atoms with van der Waals surface area (Å²) in [5, 5.41) is 0. The van der Waals surface area contributed by atoms with Gasteiger partial charge in [0, 0.05) is 11.1 Å². The van der Waals surface area contributed by atoms with Crippen LogP contribution in [0.3, 0.4) is 0 Å². The van der Waals surface area contributed by atoms with Gasteiger partial charge in [-0.25, -0.2) is 4.58 Å². The van der Waals surface area contributed by atoms with E-state index in [1.165, 1.54) is 18.5 Å². The first-order chi connectivity index (χ1) is 6.61. The first-order valence-electron chi connectivity index (χ1n) is 5.65. The van der Waals surface area contributed by atoms with Crippen molar-refractivity contribution >= 4 is 6.21 Å². The number of rotatable bonds is 2. The van der Waals surface area contributed by atoms with Crippen molar-refractivity contribution in [3.8, 4) is 0 Å². The maximum Gasteiger partial charge on any atom is 0.208 e. The molecule has 0 bridgehead atoms. The second-order valence-electron chi connectivity index (χ2n) is 4.86. The average molecular weight is 190 g/mol. The van der Waals surface area contributed by atoms with Gasteiger partial charge in [-0.3, -0.25) is 0 Å². The van der Waals surface area contributed by atoms with Gasteiger partial charge in [-0.1, -0.05) is 19.9 Å². The first-order valence-corrected chi connectivity index (χ1v) is 5.65. The Morgan fingerprint density at radius 3 is 2.43 bits per heavy atom. The van der Waals surface area contributed by atoms with E-state index in [1.807, 2.05) is 0 Å². The molecule has 1 nitrogen and oxygen atoms in total. The largest absolute Gasteiger partial charge is 0.208 e. The van der Waals surface area contributed by atoms with E-state index in [9.17, 15) is 0 Å². The van der Waals surface area contributed by atoms with Gasteiger partial charge in [0.05, 0.1) is 6.42 Å². The monoisotopic (exact) mass is 190 g/mol. The molecule has 14 heavy (non-hydrogen) atoms. The van der Waals surface area contributed by atoms with Gasteiger partial charge in [-0.05, 0) is 26.2 Å². The molecule has 1 aliphatic carbocycles. The molecule has 0 aromatic rings. The normalized spacial score (nSPS) is 20.7. The zero-order valence-corrected chi connectivity index (χ0v) is 9.67. The Kier molecular flexibility index (Phi) is 2.34. The molecule has 2 rings (SSSR count). The summed E-state index contributed by atoms with van der Waals surface area (Å²) in [6, 6.07) is 0.600. The van der Waals surface area contributed by atoms with Crippen LogP contribution >= 0.6 is 0 Å². The van der Waals surface area contributed by atoms with Crippen molar-refractivity contribution < 1.29 is 4.58 Å². The average Bonchev–Trinajstić information content (AvgIpc) is 2.59. The van der Waals surface area contributed by atoms with E-state index in [-0.39, 0.29) is 0 Å². The summed E-state index contributed by atoms with van der Waals surface area (Å²) >= 11 is 0. The van der Waals surface area contributed by atoms with Gasteiger partial charge in [-0.15, -0.1) is 0 Å². The molecular formula is C13H20N+. The molecule has 0 atom stereocenters. The number of hydrogen-bond acceptors (Lipinski definition) is 0. The molecule has 0 saturated carbocycles. The van der Waals surface area contributed by atoms with Crippen molar-refractivity contribution in [3.63, 3.8) is 0 Å². The van der Waals surface area contributed by atoms with Crippen LogP contribution in [0.1, 0.15) is 40.5 Å². The van der Waals surface area contributed by atoms with Crippen molar-refractivity contribution in [3.05, 3.63) is 22.9 Å². The zero-order valence-electron chi connectivity index (χ0n) is 9.67. The Morgan fingerprint density at radius 2 is 1.86 bits per heavy atom. The van der Waals surface area contributed by atoms with Crippen LogP contribution in [0.25, 0.3) is 0 Å². The predicted octanol–water partition coefficient (Wildman–Crippen LogP) is 3.12. The van der Waals surface area contributed by atoms with Crippen LogP contribution < -0.4 is 0 Å². The SMILES string of the molecule is CC(C)C1=CCC2=C1[N+](C(C)C)=CC2. The molecule has 0 aromatic heterocycles. The minimum absolute atomic E-state index is 0.600. The van der Waals surface area contributed by atoms with Crippen molar-refractivity contribution in [1.82, 2.24) is 0 Å². The molecular weight excluding hydrogens is 170 g/mol. The molecule has 1 heterocycles.